The first-order valence-electron chi connectivity index (χ1n) is 5.58. The molecule has 0 spiro atoms. The normalized spacial score (nSPS) is 13.5. The lowest BCUT2D eigenvalue weighted by molar-refractivity contribution is 0.445. The third-order valence-corrected chi connectivity index (χ3v) is 3.54. The van der Waals surface area contributed by atoms with Gasteiger partial charge in [-0.3, -0.25) is 0 Å². The zero-order valence-corrected chi connectivity index (χ0v) is 10.1. The molecule has 0 N–H and O–H groups in total. The van der Waals surface area contributed by atoms with Gasteiger partial charge in [-0.05, 0) is 23.2 Å². The van der Waals surface area contributed by atoms with Crippen LogP contribution in [0.4, 0.5) is 0 Å². The van der Waals surface area contributed by atoms with Crippen molar-refractivity contribution in [2.24, 2.45) is 0 Å². The number of benzene rings is 1. The van der Waals surface area contributed by atoms with Gasteiger partial charge in [0.2, 0.25) is 0 Å². The van der Waals surface area contributed by atoms with Gasteiger partial charge in [0, 0.05) is 6.42 Å². The van der Waals surface area contributed by atoms with Crippen LogP contribution in [0.25, 0.3) is 6.08 Å². The van der Waals surface area contributed by atoms with E-state index in [0.29, 0.717) is 9.76 Å². The van der Waals surface area contributed by atoms with Gasteiger partial charge >= 0.3 is 9.76 Å². The van der Waals surface area contributed by atoms with Gasteiger partial charge in [0.05, 0.1) is 5.76 Å². The maximum absolute atomic E-state index is 5.78. The summed E-state index contributed by atoms with van der Waals surface area (Å²) in [6.07, 6.45) is 5.69. The summed E-state index contributed by atoms with van der Waals surface area (Å²) in [5.41, 5.74) is 2.72. The van der Waals surface area contributed by atoms with E-state index in [2.05, 4.69) is 37.3 Å². The Balaban J connectivity index is 1.83. The van der Waals surface area contributed by atoms with Crippen LogP contribution in [-0.4, -0.2) is 9.76 Å². The summed E-state index contributed by atoms with van der Waals surface area (Å²) in [5.74, 6) is 1.14. The Morgan fingerprint density at radius 1 is 1.33 bits per heavy atom. The molecule has 1 aromatic carbocycles. The van der Waals surface area contributed by atoms with Crippen molar-refractivity contribution < 1.29 is 4.43 Å². The Bertz CT molecular complexity index is 357. The molecule has 0 aliphatic heterocycles. The van der Waals surface area contributed by atoms with Crippen molar-refractivity contribution in [3.63, 3.8) is 0 Å². The van der Waals surface area contributed by atoms with Gasteiger partial charge in [-0.1, -0.05) is 44.0 Å². The highest BCUT2D eigenvalue weighted by molar-refractivity contribution is 6.27. The number of allylic oxidation sites excluding steroid dienone is 1. The Kier molecular flexibility index (Phi) is 3.62. The summed E-state index contributed by atoms with van der Waals surface area (Å²) >= 11 is 0. The summed E-state index contributed by atoms with van der Waals surface area (Å²) < 4.78 is 5.78. The summed E-state index contributed by atoms with van der Waals surface area (Å²) in [6, 6.07) is 9.70. The highest BCUT2D eigenvalue weighted by Crippen LogP contribution is 2.24. The van der Waals surface area contributed by atoms with E-state index in [1.807, 2.05) is 0 Å². The highest BCUT2D eigenvalue weighted by Gasteiger charge is 2.12. The smallest absolute Gasteiger partial charge is 0.310 e. The zero-order valence-electron chi connectivity index (χ0n) is 9.12. The van der Waals surface area contributed by atoms with Crippen molar-refractivity contribution in [1.82, 2.24) is 0 Å². The summed E-state index contributed by atoms with van der Waals surface area (Å²) in [4.78, 5) is 0. The molecule has 0 fully saturated rings. The largest absolute Gasteiger partial charge is 0.544 e. The second-order valence-electron chi connectivity index (χ2n) is 3.84. The molecule has 0 heterocycles. The van der Waals surface area contributed by atoms with Crippen molar-refractivity contribution in [2.75, 3.05) is 0 Å². The molecule has 2 rings (SSSR count). The van der Waals surface area contributed by atoms with Gasteiger partial charge < -0.3 is 4.43 Å². The molecule has 0 bridgehead atoms. The van der Waals surface area contributed by atoms with Gasteiger partial charge in [-0.15, -0.1) is 0 Å². The lowest BCUT2D eigenvalue weighted by Crippen LogP contribution is -1.98. The van der Waals surface area contributed by atoms with Crippen molar-refractivity contribution >= 4 is 15.8 Å². The van der Waals surface area contributed by atoms with Crippen molar-refractivity contribution in [1.29, 1.82) is 0 Å². The number of hydrogen-bond donors (Lipinski definition) is 0. The Morgan fingerprint density at radius 2 is 2.20 bits per heavy atom. The molecule has 0 aromatic heterocycles. The third kappa shape index (κ3) is 2.72. The lowest BCUT2D eigenvalue weighted by atomic mass is 10.1. The molecule has 0 saturated carbocycles. The second kappa shape index (κ2) is 5.17. The van der Waals surface area contributed by atoms with Gasteiger partial charge in [0.25, 0.3) is 0 Å². The Labute approximate surface area is 94.1 Å². The first kappa shape index (κ1) is 10.5. The predicted octanol–water partition coefficient (Wildman–Crippen LogP) is 3.44. The van der Waals surface area contributed by atoms with E-state index >= 15 is 0 Å². The average molecular weight is 216 g/mol. The number of hydrogen-bond acceptors (Lipinski definition) is 1. The zero-order chi connectivity index (χ0) is 10.5. The van der Waals surface area contributed by atoms with Gasteiger partial charge in [-0.25, -0.2) is 0 Å². The van der Waals surface area contributed by atoms with Crippen LogP contribution in [-0.2, 0) is 10.8 Å². The first-order valence-corrected chi connectivity index (χ1v) is 6.70. The van der Waals surface area contributed by atoms with Crippen LogP contribution in [0.1, 0.15) is 30.9 Å². The fourth-order valence-corrected chi connectivity index (χ4v) is 2.62. The van der Waals surface area contributed by atoms with Gasteiger partial charge in [0.1, 0.15) is 0 Å². The molecule has 1 nitrogen and oxygen atoms in total. The molecule has 0 saturated heterocycles. The average Bonchev–Trinajstić information content (AvgIpc) is 2.67. The minimum Gasteiger partial charge on any atom is -0.544 e. The molecule has 78 valence electrons. The quantitative estimate of drug-likeness (QED) is 0.541. The van der Waals surface area contributed by atoms with Crippen LogP contribution in [0.3, 0.4) is 0 Å². The van der Waals surface area contributed by atoms with Gasteiger partial charge in [-0.2, -0.15) is 0 Å². The maximum Gasteiger partial charge on any atom is 0.310 e. The predicted molar refractivity (Wildman–Crippen MR) is 64.7 cm³/mol. The monoisotopic (exact) mass is 216 g/mol. The van der Waals surface area contributed by atoms with E-state index in [9.17, 15) is 0 Å². The van der Waals surface area contributed by atoms with E-state index < -0.39 is 0 Å². The summed E-state index contributed by atoms with van der Waals surface area (Å²) in [6.45, 7) is 2.22. The number of unbranched alkanes of at least 4 members (excludes halogenated alkanes) is 1. The lowest BCUT2D eigenvalue weighted by Gasteiger charge is -2.04. The number of fused-ring (bicyclic) bond motifs is 1. The van der Waals surface area contributed by atoms with Crippen LogP contribution in [0, 0.1) is 0 Å². The van der Waals surface area contributed by atoms with Crippen molar-refractivity contribution in [3.8, 4) is 0 Å². The minimum atomic E-state index is 0.632. The van der Waals surface area contributed by atoms with Crippen LogP contribution in [0.2, 0.25) is 6.04 Å². The molecule has 1 aliphatic rings. The Hall–Kier alpha value is -1.02. The fraction of sp³-hybridized carbons (Fsp3) is 0.385. The maximum atomic E-state index is 5.78. The van der Waals surface area contributed by atoms with Crippen LogP contribution in [0.15, 0.2) is 30.0 Å². The topological polar surface area (TPSA) is 9.23 Å². The molecule has 2 radical (unpaired) electrons. The number of rotatable bonds is 5. The van der Waals surface area contributed by atoms with Gasteiger partial charge in [0.15, 0.2) is 0 Å². The van der Waals surface area contributed by atoms with E-state index in [0.717, 1.165) is 12.2 Å². The van der Waals surface area contributed by atoms with E-state index in [-0.39, 0.29) is 0 Å². The van der Waals surface area contributed by atoms with E-state index in [1.165, 1.54) is 30.0 Å². The summed E-state index contributed by atoms with van der Waals surface area (Å²) in [7, 11) is 0.632. The first-order chi connectivity index (χ1) is 7.40. The molecule has 15 heavy (non-hydrogen) atoms. The fourth-order valence-electron chi connectivity index (χ4n) is 1.71. The molecule has 0 unspecified atom stereocenters. The molecular formula is C13H16OSi. The Morgan fingerprint density at radius 3 is 3.00 bits per heavy atom. The van der Waals surface area contributed by atoms with Crippen LogP contribution in [0.5, 0.6) is 0 Å². The standard InChI is InChI=1S/C13H16OSi/c1-2-3-8-15-14-13-9-11-6-4-5-7-12(11)10-13/h4-7,9H,2-3,8,10H2,1H3. The molecule has 0 amide bonds. The highest BCUT2D eigenvalue weighted by atomic mass is 28.2. The second-order valence-corrected chi connectivity index (χ2v) is 4.83. The van der Waals surface area contributed by atoms with E-state index in [1.54, 1.807) is 0 Å². The third-order valence-electron chi connectivity index (χ3n) is 2.57. The van der Waals surface area contributed by atoms with Crippen molar-refractivity contribution in [2.45, 2.75) is 32.2 Å². The molecular weight excluding hydrogens is 200 g/mol. The molecule has 0 atom stereocenters. The van der Waals surface area contributed by atoms with E-state index in [4.69, 9.17) is 4.43 Å². The molecule has 1 aromatic rings. The van der Waals surface area contributed by atoms with Crippen LogP contribution >= 0.6 is 0 Å². The molecule has 1 aliphatic carbocycles. The van der Waals surface area contributed by atoms with Crippen LogP contribution < -0.4 is 0 Å². The SMILES string of the molecule is CCCC[Si]OC1=Cc2ccccc2C1. The van der Waals surface area contributed by atoms with Crippen molar-refractivity contribution in [3.05, 3.63) is 41.2 Å². The summed E-state index contributed by atoms with van der Waals surface area (Å²) in [5, 5.41) is 0. The molecule has 2 heteroatoms. The minimum absolute atomic E-state index is 0.632.